The van der Waals surface area contributed by atoms with Gasteiger partial charge in [0.2, 0.25) is 5.52 Å². The summed E-state index contributed by atoms with van der Waals surface area (Å²) in [4.78, 5) is 12.8. The normalized spacial score (nSPS) is 11.4. The molecule has 0 amide bonds. The van der Waals surface area contributed by atoms with Crippen LogP contribution in [0.1, 0.15) is 0 Å². The second-order valence-corrected chi connectivity index (χ2v) is 7.46. The second-order valence-electron chi connectivity index (χ2n) is 7.46. The summed E-state index contributed by atoms with van der Waals surface area (Å²) >= 11 is 0. The Bertz CT molecular complexity index is 1560. The van der Waals surface area contributed by atoms with Crippen molar-refractivity contribution in [2.75, 3.05) is 7.11 Å². The summed E-state index contributed by atoms with van der Waals surface area (Å²) in [6, 6.07) is 22.4. The molecule has 5 aromatic heterocycles. The first-order valence-corrected chi connectivity index (χ1v) is 10.1. The Morgan fingerprint density at radius 1 is 0.806 bits per heavy atom. The fourth-order valence-corrected chi connectivity index (χ4v) is 4.21. The molecule has 0 saturated carbocycles. The van der Waals surface area contributed by atoms with Crippen molar-refractivity contribution in [3.05, 3.63) is 91.5 Å². The van der Waals surface area contributed by atoms with E-state index in [1.807, 2.05) is 60.9 Å². The number of pyridine rings is 4. The fraction of sp³-hybridized carbons (Fsp3) is 0.0385. The van der Waals surface area contributed by atoms with Gasteiger partial charge in [0.05, 0.1) is 29.6 Å². The lowest BCUT2D eigenvalue weighted by Crippen LogP contribution is -2.21. The number of rotatable bonds is 3. The first kappa shape index (κ1) is 17.6. The highest BCUT2D eigenvalue weighted by atomic mass is 16.5. The number of aromatic amines is 1. The molecule has 0 aliphatic heterocycles. The maximum atomic E-state index is 5.41. The van der Waals surface area contributed by atoms with Crippen LogP contribution in [0.2, 0.25) is 0 Å². The maximum absolute atomic E-state index is 5.41. The summed E-state index contributed by atoms with van der Waals surface area (Å²) in [7, 11) is 1.69. The van der Waals surface area contributed by atoms with Gasteiger partial charge in [-0.2, -0.15) is 4.40 Å². The van der Waals surface area contributed by atoms with Gasteiger partial charge in [0, 0.05) is 46.9 Å². The van der Waals surface area contributed by atoms with Crippen LogP contribution in [0.5, 0.6) is 5.75 Å². The molecule has 0 atom stereocenters. The summed E-state index contributed by atoms with van der Waals surface area (Å²) in [5, 5.41) is 2.35. The number of aromatic nitrogens is 4. The average molecular weight is 403 g/mol. The Morgan fingerprint density at radius 2 is 1.58 bits per heavy atom. The largest absolute Gasteiger partial charge is 0.497 e. The number of H-pyrrole nitrogens is 1. The van der Waals surface area contributed by atoms with Crippen LogP contribution < -0.4 is 9.14 Å². The minimum Gasteiger partial charge on any atom is -0.497 e. The van der Waals surface area contributed by atoms with Gasteiger partial charge in [-0.25, -0.2) is 0 Å². The monoisotopic (exact) mass is 403 g/mol. The molecule has 1 aromatic carbocycles. The zero-order valence-electron chi connectivity index (χ0n) is 16.9. The molecule has 6 aromatic rings. The van der Waals surface area contributed by atoms with E-state index in [-0.39, 0.29) is 0 Å². The predicted octanol–water partition coefficient (Wildman–Crippen LogP) is 5.19. The number of nitrogens with zero attached hydrogens (tertiary/aromatic N) is 3. The van der Waals surface area contributed by atoms with Crippen molar-refractivity contribution in [1.29, 1.82) is 0 Å². The minimum absolute atomic E-state index is 0.836. The highest BCUT2D eigenvalue weighted by Crippen LogP contribution is 2.33. The second kappa shape index (κ2) is 6.92. The highest BCUT2D eigenvalue weighted by molar-refractivity contribution is 6.11. The van der Waals surface area contributed by atoms with Crippen molar-refractivity contribution in [1.82, 2.24) is 15.0 Å². The SMILES string of the molecule is COc1ccc2c(c1)[nH]c1c2cc[n+]2cc(-c3ccccn3)c(-c3ccccn3)cc12. The smallest absolute Gasteiger partial charge is 0.235 e. The number of nitrogens with one attached hydrogen (secondary N) is 1. The molecule has 148 valence electrons. The van der Waals surface area contributed by atoms with E-state index in [2.05, 4.69) is 49.9 Å². The van der Waals surface area contributed by atoms with E-state index in [1.165, 1.54) is 10.8 Å². The molecule has 0 radical (unpaired) electrons. The van der Waals surface area contributed by atoms with E-state index >= 15 is 0 Å². The first-order chi connectivity index (χ1) is 15.3. The van der Waals surface area contributed by atoms with Crippen molar-refractivity contribution in [3.63, 3.8) is 0 Å². The van der Waals surface area contributed by atoms with Crippen LogP contribution in [-0.4, -0.2) is 22.1 Å². The molecule has 31 heavy (non-hydrogen) atoms. The average Bonchev–Trinajstić information content (AvgIpc) is 3.22. The van der Waals surface area contributed by atoms with Gasteiger partial charge in [-0.05, 0) is 36.4 Å². The molecule has 0 unspecified atom stereocenters. The Morgan fingerprint density at radius 3 is 2.29 bits per heavy atom. The van der Waals surface area contributed by atoms with E-state index < -0.39 is 0 Å². The Kier molecular flexibility index (Phi) is 3.93. The molecule has 5 nitrogen and oxygen atoms in total. The molecule has 1 N–H and O–H groups in total. The lowest BCUT2D eigenvalue weighted by Gasteiger charge is -2.08. The van der Waals surface area contributed by atoms with Crippen molar-refractivity contribution >= 4 is 27.3 Å². The summed E-state index contributed by atoms with van der Waals surface area (Å²) in [6.07, 6.45) is 7.88. The molecule has 5 heteroatoms. The van der Waals surface area contributed by atoms with Crippen LogP contribution in [0.3, 0.4) is 0 Å². The van der Waals surface area contributed by atoms with Gasteiger partial charge >= 0.3 is 0 Å². The number of methoxy groups -OCH3 is 1. The van der Waals surface area contributed by atoms with Gasteiger partial charge < -0.3 is 9.72 Å². The fourth-order valence-electron chi connectivity index (χ4n) is 4.21. The first-order valence-electron chi connectivity index (χ1n) is 10.1. The van der Waals surface area contributed by atoms with Crippen molar-refractivity contribution in [2.24, 2.45) is 0 Å². The molecule has 0 aliphatic rings. The summed E-state index contributed by atoms with van der Waals surface area (Å²) in [5.41, 5.74) is 7.12. The molecular weight excluding hydrogens is 384 g/mol. The van der Waals surface area contributed by atoms with Crippen molar-refractivity contribution in [2.45, 2.75) is 0 Å². The quantitative estimate of drug-likeness (QED) is 0.414. The number of fused-ring (bicyclic) bond motifs is 5. The number of hydrogen-bond donors (Lipinski definition) is 1. The summed E-state index contributed by atoms with van der Waals surface area (Å²) in [5.74, 6) is 0.836. The molecular formula is C26H19N4O+. The zero-order valence-corrected chi connectivity index (χ0v) is 16.9. The van der Waals surface area contributed by atoms with E-state index in [9.17, 15) is 0 Å². The van der Waals surface area contributed by atoms with E-state index in [1.54, 1.807) is 7.11 Å². The number of ether oxygens (including phenoxy) is 1. The van der Waals surface area contributed by atoms with E-state index in [0.29, 0.717) is 0 Å². The van der Waals surface area contributed by atoms with Crippen LogP contribution in [0, 0.1) is 0 Å². The Hall–Kier alpha value is -4.25. The van der Waals surface area contributed by atoms with Crippen LogP contribution >= 0.6 is 0 Å². The molecule has 0 bridgehead atoms. The topological polar surface area (TPSA) is 54.9 Å². The van der Waals surface area contributed by atoms with Crippen LogP contribution in [0.25, 0.3) is 49.8 Å². The number of benzene rings is 1. The predicted molar refractivity (Wildman–Crippen MR) is 122 cm³/mol. The third-order valence-corrected chi connectivity index (χ3v) is 5.70. The molecule has 5 heterocycles. The molecule has 6 rings (SSSR count). The lowest BCUT2D eigenvalue weighted by atomic mass is 10.0. The third-order valence-electron chi connectivity index (χ3n) is 5.70. The van der Waals surface area contributed by atoms with Crippen LogP contribution in [0.15, 0.2) is 91.5 Å². The van der Waals surface area contributed by atoms with Gasteiger partial charge in [-0.1, -0.05) is 12.1 Å². The molecule has 0 aliphatic carbocycles. The van der Waals surface area contributed by atoms with Crippen molar-refractivity contribution < 1.29 is 9.14 Å². The maximum Gasteiger partial charge on any atom is 0.235 e. The van der Waals surface area contributed by atoms with E-state index in [4.69, 9.17) is 4.74 Å². The third kappa shape index (κ3) is 2.82. The van der Waals surface area contributed by atoms with Crippen LogP contribution in [0.4, 0.5) is 0 Å². The van der Waals surface area contributed by atoms with Crippen LogP contribution in [-0.2, 0) is 0 Å². The lowest BCUT2D eigenvalue weighted by molar-refractivity contribution is -0.510. The molecule has 0 fully saturated rings. The molecule has 0 spiro atoms. The van der Waals surface area contributed by atoms with Gasteiger partial charge in [0.25, 0.3) is 0 Å². The summed E-state index contributed by atoms with van der Waals surface area (Å²) in [6.45, 7) is 0. The molecule has 0 saturated heterocycles. The Labute approximate surface area is 178 Å². The van der Waals surface area contributed by atoms with Gasteiger partial charge in [0.15, 0.2) is 12.4 Å². The van der Waals surface area contributed by atoms with Gasteiger partial charge in [-0.3, -0.25) is 9.97 Å². The highest BCUT2D eigenvalue weighted by Gasteiger charge is 2.20. The van der Waals surface area contributed by atoms with E-state index in [0.717, 1.165) is 44.8 Å². The Balaban J connectivity index is 1.70. The number of hydrogen-bond acceptors (Lipinski definition) is 3. The van der Waals surface area contributed by atoms with Gasteiger partial charge in [-0.15, -0.1) is 0 Å². The summed E-state index contributed by atoms with van der Waals surface area (Å²) < 4.78 is 7.55. The van der Waals surface area contributed by atoms with Crippen molar-refractivity contribution in [3.8, 4) is 28.3 Å². The standard InChI is InChI=1S/C26H18N4O/c1-31-17-8-9-18-19-10-13-30-16-21(23-7-3-5-12-28-23)20(22-6-2-4-11-27-22)15-25(30)26(19)29-24(18)14-17/h2-16H,1H3/p+1. The minimum atomic E-state index is 0.836. The van der Waals surface area contributed by atoms with Gasteiger partial charge in [0.1, 0.15) is 11.3 Å². The zero-order chi connectivity index (χ0) is 20.8.